The Morgan fingerprint density at radius 2 is 0.604 bits per heavy atom. The molecule has 10 rings (SSSR count). The summed E-state index contributed by atoms with van der Waals surface area (Å²) >= 11 is 0. The van der Waals surface area contributed by atoms with Gasteiger partial charge >= 0.3 is 0 Å². The molecule has 0 aromatic heterocycles. The molecule has 4 aliphatic rings. The first-order chi connectivity index (χ1) is 23.6. The van der Waals surface area contributed by atoms with Crippen LogP contribution in [0.5, 0.6) is 17.2 Å². The lowest BCUT2D eigenvalue weighted by Crippen LogP contribution is -1.95. The second kappa shape index (κ2) is 13.6. The lowest BCUT2D eigenvalue weighted by atomic mass is 9.98. The fraction of sp³-hybridized carbons (Fsp3) is 0.0714. The van der Waals surface area contributed by atoms with Crippen molar-refractivity contribution in [1.82, 2.24) is 0 Å². The molecule has 6 nitrogen and oxygen atoms in total. The molecule has 6 aromatic rings. The highest BCUT2D eigenvalue weighted by Gasteiger charge is 2.14. The van der Waals surface area contributed by atoms with Crippen LogP contribution in [-0.2, 0) is 0 Å². The van der Waals surface area contributed by atoms with Crippen molar-refractivity contribution < 1.29 is 14.2 Å². The minimum atomic E-state index is 0.768. The standard InChI is InChI=1S/C42H33N3O3/c1-46-37-10-4-7-31-25-43-35-21-15-29(16-22-35)41-33(9-6-12-38(41)47-2)27-45-36-23-17-30(18-24-36)42-32(8-5-11-39(42)48-3)26-44-34-19-13-28(14-20-34)40(31)37/h4-27H,1-3H3. The van der Waals surface area contributed by atoms with Crippen molar-refractivity contribution in [3.8, 4) is 50.6 Å². The molecule has 0 aliphatic carbocycles. The summed E-state index contributed by atoms with van der Waals surface area (Å²) in [6.07, 6.45) is 5.65. The van der Waals surface area contributed by atoms with Crippen molar-refractivity contribution in [1.29, 1.82) is 0 Å². The van der Waals surface area contributed by atoms with Gasteiger partial charge in [0.05, 0.1) is 38.4 Å². The Kier molecular flexibility index (Phi) is 8.62. The number of hydrogen-bond acceptors (Lipinski definition) is 6. The number of ether oxygens (including phenoxy) is 3. The van der Waals surface area contributed by atoms with E-state index in [2.05, 4.69) is 36.4 Å². The quantitative estimate of drug-likeness (QED) is 0.196. The predicted octanol–water partition coefficient (Wildman–Crippen LogP) is 10.3. The maximum absolute atomic E-state index is 5.79. The third-order valence-electron chi connectivity index (χ3n) is 8.36. The summed E-state index contributed by atoms with van der Waals surface area (Å²) in [6, 6.07) is 42.4. The maximum atomic E-state index is 5.79. The van der Waals surface area contributed by atoms with Gasteiger partial charge in [-0.1, -0.05) is 72.8 Å². The van der Waals surface area contributed by atoms with Crippen LogP contribution in [0.1, 0.15) is 16.7 Å². The van der Waals surface area contributed by atoms with Gasteiger partial charge in [-0.2, -0.15) is 0 Å². The van der Waals surface area contributed by atoms with Crippen LogP contribution in [0, 0.1) is 0 Å². The van der Waals surface area contributed by atoms with Gasteiger partial charge < -0.3 is 14.2 Å². The number of rotatable bonds is 3. The maximum Gasteiger partial charge on any atom is 0.127 e. The van der Waals surface area contributed by atoms with Crippen LogP contribution in [0.4, 0.5) is 17.1 Å². The molecule has 6 bridgehead atoms. The smallest absolute Gasteiger partial charge is 0.127 e. The van der Waals surface area contributed by atoms with E-state index in [1.807, 2.05) is 110 Å². The zero-order chi connectivity index (χ0) is 32.9. The zero-order valence-corrected chi connectivity index (χ0v) is 26.9. The molecule has 0 saturated carbocycles. The average molecular weight is 628 g/mol. The van der Waals surface area contributed by atoms with Crippen LogP contribution in [-0.4, -0.2) is 40.0 Å². The number of nitrogens with zero attached hydrogens (tertiary/aromatic N) is 3. The highest BCUT2D eigenvalue weighted by molar-refractivity contribution is 5.97. The molecule has 6 aromatic carbocycles. The van der Waals surface area contributed by atoms with Crippen molar-refractivity contribution >= 4 is 35.7 Å². The van der Waals surface area contributed by atoms with Crippen LogP contribution in [0.25, 0.3) is 33.4 Å². The van der Waals surface area contributed by atoms with Crippen LogP contribution >= 0.6 is 0 Å². The van der Waals surface area contributed by atoms with Crippen molar-refractivity contribution in [3.63, 3.8) is 0 Å². The van der Waals surface area contributed by atoms with Crippen molar-refractivity contribution in [3.05, 3.63) is 144 Å². The molecular weight excluding hydrogens is 594 g/mol. The van der Waals surface area contributed by atoms with Crippen LogP contribution < -0.4 is 14.2 Å². The van der Waals surface area contributed by atoms with E-state index in [0.717, 1.165) is 84.4 Å². The summed E-state index contributed by atoms with van der Waals surface area (Å²) in [5.74, 6) is 2.30. The Bertz CT molecular complexity index is 1920. The Hall–Kier alpha value is -6.27. The Morgan fingerprint density at radius 1 is 0.333 bits per heavy atom. The van der Waals surface area contributed by atoms with Gasteiger partial charge in [-0.05, 0) is 71.3 Å². The number of fused-ring (bicyclic) bond motifs is 3. The van der Waals surface area contributed by atoms with Gasteiger partial charge in [0, 0.05) is 52.0 Å². The first-order valence-electron chi connectivity index (χ1n) is 15.6. The van der Waals surface area contributed by atoms with E-state index in [-0.39, 0.29) is 0 Å². The highest BCUT2D eigenvalue weighted by atomic mass is 16.5. The predicted molar refractivity (Wildman–Crippen MR) is 197 cm³/mol. The lowest BCUT2D eigenvalue weighted by molar-refractivity contribution is 0.416. The van der Waals surface area contributed by atoms with Crippen LogP contribution in [0.2, 0.25) is 0 Å². The summed E-state index contributed by atoms with van der Waals surface area (Å²) in [6.45, 7) is 0. The van der Waals surface area contributed by atoms with E-state index in [1.165, 1.54) is 0 Å². The third kappa shape index (κ3) is 6.11. The van der Waals surface area contributed by atoms with Gasteiger partial charge in [-0.3, -0.25) is 15.0 Å². The van der Waals surface area contributed by atoms with Gasteiger partial charge in [-0.15, -0.1) is 0 Å². The average Bonchev–Trinajstić information content (AvgIpc) is 3.15. The monoisotopic (exact) mass is 627 g/mol. The van der Waals surface area contributed by atoms with E-state index in [4.69, 9.17) is 29.2 Å². The second-order valence-electron chi connectivity index (χ2n) is 11.2. The van der Waals surface area contributed by atoms with E-state index in [9.17, 15) is 0 Å². The molecule has 0 atom stereocenters. The van der Waals surface area contributed by atoms with E-state index in [0.29, 0.717) is 0 Å². The second-order valence-corrected chi connectivity index (χ2v) is 11.2. The van der Waals surface area contributed by atoms with Gasteiger partial charge in [0.15, 0.2) is 0 Å². The number of aliphatic imine (C=N–C) groups is 3. The molecular formula is C42H33N3O3. The van der Waals surface area contributed by atoms with Gasteiger partial charge in [-0.25, -0.2) is 0 Å². The molecule has 0 fully saturated rings. The molecule has 6 heteroatoms. The normalized spacial score (nSPS) is 11.8. The summed E-state index contributed by atoms with van der Waals surface area (Å²) < 4.78 is 17.4. The fourth-order valence-electron chi connectivity index (χ4n) is 5.98. The number of hydrogen-bond donors (Lipinski definition) is 0. The lowest BCUT2D eigenvalue weighted by Gasteiger charge is -2.13. The molecule has 0 amide bonds. The summed E-state index contributed by atoms with van der Waals surface area (Å²) in [5.41, 5.74) is 11.2. The Labute approximate surface area is 280 Å². The van der Waals surface area contributed by atoms with E-state index in [1.54, 1.807) is 21.3 Å². The minimum absolute atomic E-state index is 0.768. The molecule has 0 N–H and O–H groups in total. The van der Waals surface area contributed by atoms with Gasteiger partial charge in [0.1, 0.15) is 17.2 Å². The Balaban J connectivity index is 1.40. The topological polar surface area (TPSA) is 64.8 Å². The largest absolute Gasteiger partial charge is 0.496 e. The van der Waals surface area contributed by atoms with Crippen molar-refractivity contribution in [2.75, 3.05) is 21.3 Å². The van der Waals surface area contributed by atoms with Crippen molar-refractivity contribution in [2.24, 2.45) is 15.0 Å². The SMILES string of the molecule is COc1cccc2c1-c1ccc(cc1)N=Cc1cccc(OC)c1-c1ccc(cc1)N=Cc1cccc(OC)c1-c1ccc(cc1)N=C2. The summed E-state index contributed by atoms with van der Waals surface area (Å²) in [7, 11) is 5.06. The van der Waals surface area contributed by atoms with E-state index >= 15 is 0 Å². The number of methoxy groups -OCH3 is 3. The molecule has 48 heavy (non-hydrogen) atoms. The molecule has 0 radical (unpaired) electrons. The first kappa shape index (κ1) is 30.4. The summed E-state index contributed by atoms with van der Waals surface area (Å²) in [5, 5.41) is 0. The van der Waals surface area contributed by atoms with Crippen molar-refractivity contribution in [2.45, 2.75) is 0 Å². The van der Waals surface area contributed by atoms with Gasteiger partial charge in [0.25, 0.3) is 0 Å². The zero-order valence-electron chi connectivity index (χ0n) is 26.9. The molecule has 4 heterocycles. The summed E-state index contributed by atoms with van der Waals surface area (Å²) in [4.78, 5) is 14.5. The molecule has 234 valence electrons. The highest BCUT2D eigenvalue weighted by Crippen LogP contribution is 2.37. The third-order valence-corrected chi connectivity index (χ3v) is 8.36. The number of benzene rings is 6. The Morgan fingerprint density at radius 3 is 0.854 bits per heavy atom. The van der Waals surface area contributed by atoms with Crippen LogP contribution in [0.3, 0.4) is 0 Å². The van der Waals surface area contributed by atoms with Gasteiger partial charge in [0.2, 0.25) is 0 Å². The molecule has 0 saturated heterocycles. The first-order valence-corrected chi connectivity index (χ1v) is 15.6. The molecule has 0 spiro atoms. The van der Waals surface area contributed by atoms with Crippen LogP contribution in [0.15, 0.2) is 142 Å². The molecule has 0 unspecified atom stereocenters. The minimum Gasteiger partial charge on any atom is -0.496 e. The van der Waals surface area contributed by atoms with E-state index < -0.39 is 0 Å². The molecule has 4 aliphatic heterocycles. The fourth-order valence-corrected chi connectivity index (χ4v) is 5.98.